The zero-order valence-electron chi connectivity index (χ0n) is 42.6. The van der Waals surface area contributed by atoms with Gasteiger partial charge >= 0.3 is 27.4 Å². The maximum atomic E-state index is 13.6. The lowest BCUT2D eigenvalue weighted by Gasteiger charge is -2.27. The van der Waals surface area contributed by atoms with Crippen LogP contribution in [0.2, 0.25) is 0 Å². The van der Waals surface area contributed by atoms with Crippen LogP contribution in [0.3, 0.4) is 0 Å². The van der Waals surface area contributed by atoms with Gasteiger partial charge in [-0.25, -0.2) is 34.7 Å². The third-order valence-corrected chi connectivity index (χ3v) is 17.5. The Morgan fingerprint density at radius 1 is 0.679 bits per heavy atom. The molecule has 0 saturated heterocycles. The molecule has 4 N–H and O–H groups in total. The number of benzene rings is 4. The van der Waals surface area contributed by atoms with Gasteiger partial charge in [0.05, 0.1) is 36.0 Å². The molecule has 0 bridgehead atoms. The lowest BCUT2D eigenvalue weighted by molar-refractivity contribution is -0.437. The van der Waals surface area contributed by atoms with E-state index in [0.717, 1.165) is 60.3 Å². The standard InChI is InChI=1S/C45H56N4O13S5.CO2.2O3S/c1-7-9-13-25-48-36-22-20-32-34(16-14-17-38(32)65(56,57)46-8-2)42(36)44(3,4)40(48)18-11-10-12-19-41-45(5,6)43-35-29-31(67(60,61)62)30-39(66(58,59)47-24-28-64(53,54)55)33(35)21-23-37(43)49(41)26-15-27-63(50,51)52;2-1-3;2*1-4(2)3/h10-12,14,16-23,29-30,46-47H,7-9,13,15,24-28H2,1-6H3,(H2-,50,51,52,53,54,55,60,61,62);;;. The fraction of sp³-hybridized carbons (Fsp3) is 0.391. The molecule has 0 aromatic heterocycles. The van der Waals surface area contributed by atoms with Crippen molar-refractivity contribution in [3.63, 3.8) is 0 Å². The zero-order chi connectivity index (χ0) is 59.4. The van der Waals surface area contributed by atoms with Crippen molar-refractivity contribution in [3.05, 3.63) is 102 Å². The van der Waals surface area contributed by atoms with Gasteiger partial charge in [0.15, 0.2) is 5.71 Å². The van der Waals surface area contributed by atoms with Crippen LogP contribution in [0.4, 0.5) is 11.4 Å². The van der Waals surface area contributed by atoms with Crippen molar-refractivity contribution in [3.8, 4) is 0 Å². The molecule has 0 radical (unpaired) electrons. The Morgan fingerprint density at radius 2 is 1.26 bits per heavy atom. The van der Waals surface area contributed by atoms with Gasteiger partial charge in [0.25, 0.3) is 20.2 Å². The predicted molar refractivity (Wildman–Crippen MR) is 283 cm³/mol. The normalized spacial score (nSPS) is 15.5. The Labute approximate surface area is 455 Å². The van der Waals surface area contributed by atoms with Crippen LogP contribution in [-0.4, -0.2) is 135 Å². The molecule has 32 heteroatoms. The van der Waals surface area contributed by atoms with E-state index in [1.54, 1.807) is 61.8 Å². The van der Waals surface area contributed by atoms with E-state index in [0.29, 0.717) is 22.3 Å². The number of unbranched alkanes of at least 4 members (excludes halogenated alkanes) is 2. The van der Waals surface area contributed by atoms with E-state index < -0.39 is 110 Å². The lowest BCUT2D eigenvalue weighted by Crippen LogP contribution is -2.30. The van der Waals surface area contributed by atoms with E-state index in [1.165, 1.54) is 6.07 Å². The van der Waals surface area contributed by atoms with Gasteiger partial charge in [0, 0.05) is 77.1 Å². The highest BCUT2D eigenvalue weighted by Crippen LogP contribution is 2.52. The summed E-state index contributed by atoms with van der Waals surface area (Å²) in [5, 5.41) is 1.56. The van der Waals surface area contributed by atoms with Crippen LogP contribution < -0.4 is 14.3 Å². The number of hydrogen-bond acceptors (Lipinski definition) is 20. The van der Waals surface area contributed by atoms with Crippen molar-refractivity contribution in [2.45, 2.75) is 92.7 Å². The van der Waals surface area contributed by atoms with Crippen LogP contribution in [-0.2, 0) is 92.0 Å². The molecule has 0 unspecified atom stereocenters. The molecule has 2 aliphatic heterocycles. The van der Waals surface area contributed by atoms with Crippen LogP contribution in [0.25, 0.3) is 21.5 Å². The molecule has 25 nitrogen and oxygen atoms in total. The summed E-state index contributed by atoms with van der Waals surface area (Å²) in [6, 6.07) is 14.0. The summed E-state index contributed by atoms with van der Waals surface area (Å²) in [6.07, 6.45) is 12.3. The number of carbonyl (C=O) groups excluding carboxylic acids is 2. The number of hydrogen-bond donors (Lipinski definition) is 4. The molecule has 0 amide bonds. The van der Waals surface area contributed by atoms with E-state index in [2.05, 4.69) is 35.1 Å². The lowest BCUT2D eigenvalue weighted by atomic mass is 9.79. The minimum atomic E-state index is -5.03. The fourth-order valence-electron chi connectivity index (χ4n) is 9.25. The van der Waals surface area contributed by atoms with Gasteiger partial charge in [-0.15, -0.1) is 25.3 Å². The molecular formula is C46H56N4O21S7. The number of allylic oxidation sites excluding steroid dienone is 6. The van der Waals surface area contributed by atoms with E-state index >= 15 is 0 Å². The second-order valence-corrected chi connectivity index (χ2v) is 26.8. The molecule has 0 fully saturated rings. The Hall–Kier alpha value is -5.74. The maximum absolute atomic E-state index is 13.6. The average molecular weight is 1230 g/mol. The second kappa shape index (κ2) is 26.9. The molecule has 2 aliphatic rings. The monoisotopic (exact) mass is 1220 g/mol. The summed E-state index contributed by atoms with van der Waals surface area (Å²) in [5.41, 5.74) is 2.77. The molecule has 428 valence electrons. The topological polar surface area (TPSA) is 401 Å². The molecule has 4 aromatic rings. The van der Waals surface area contributed by atoms with Gasteiger partial charge in [0.2, 0.25) is 25.7 Å². The molecule has 78 heavy (non-hydrogen) atoms. The first-order valence-corrected chi connectivity index (χ1v) is 32.6. The molecule has 0 aliphatic carbocycles. The summed E-state index contributed by atoms with van der Waals surface area (Å²) in [7, 11) is -28.9. The van der Waals surface area contributed by atoms with Crippen LogP contribution >= 0.6 is 0 Å². The number of nitrogens with zero attached hydrogens (tertiary/aromatic N) is 2. The first-order chi connectivity index (χ1) is 35.9. The molecule has 6 rings (SSSR count). The largest absolute Gasteiger partial charge is 0.748 e. The van der Waals surface area contributed by atoms with Gasteiger partial charge in [-0.2, -0.15) is 31.0 Å². The highest BCUT2D eigenvalue weighted by atomic mass is 32.2. The Balaban J connectivity index is 0.00000133. The Morgan fingerprint density at radius 3 is 1.81 bits per heavy atom. The smallest absolute Gasteiger partial charge is 0.425 e. The minimum absolute atomic E-state index is 0.0157. The van der Waals surface area contributed by atoms with Crippen molar-refractivity contribution in [1.29, 1.82) is 0 Å². The Kier molecular flexibility index (Phi) is 23.0. The van der Waals surface area contributed by atoms with Gasteiger partial charge < -0.3 is 9.45 Å². The maximum Gasteiger partial charge on any atom is 0.425 e. The van der Waals surface area contributed by atoms with E-state index in [-0.39, 0.29) is 41.3 Å². The van der Waals surface area contributed by atoms with E-state index in [1.807, 2.05) is 30.4 Å². The molecule has 0 atom stereocenters. The van der Waals surface area contributed by atoms with Gasteiger partial charge in [-0.3, -0.25) is 9.11 Å². The van der Waals surface area contributed by atoms with Gasteiger partial charge in [0.1, 0.15) is 6.54 Å². The van der Waals surface area contributed by atoms with Crippen molar-refractivity contribution >= 4 is 116 Å². The Bertz CT molecular complexity index is 3900. The summed E-state index contributed by atoms with van der Waals surface area (Å²) in [6.45, 7) is 11.9. The van der Waals surface area contributed by atoms with E-state index in [4.69, 9.17) is 34.8 Å². The van der Waals surface area contributed by atoms with Crippen LogP contribution in [0.1, 0.15) is 78.4 Å². The number of sulfonamides is 2. The van der Waals surface area contributed by atoms with Crippen LogP contribution in [0.5, 0.6) is 0 Å². The quantitative estimate of drug-likeness (QED) is 0.0426. The fourth-order valence-corrected chi connectivity index (χ4v) is 13.4. The second-order valence-electron chi connectivity index (χ2n) is 18.0. The molecule has 0 saturated carbocycles. The minimum Gasteiger partial charge on any atom is -0.748 e. The van der Waals surface area contributed by atoms with Gasteiger partial charge in [-0.05, 0) is 73.0 Å². The predicted octanol–water partition coefficient (Wildman–Crippen LogP) is 3.41. The SMILES string of the molecule is CCCCCN1/C(=C/C=C/C=C/C2=[N+](CCCS(=O)(=O)[O-])c3ccc4c(S(=O)(=O)NCCS(=O)(=O)O)cc(S(=O)(=O)O)cc4c3C2(C)C)C(C)(C)c2c1ccc1c(S(=O)(=O)NCC)cccc21.O=C=O.O=S(=O)=O.O=S(=O)=O. The van der Waals surface area contributed by atoms with Crippen LogP contribution in [0.15, 0.2) is 105 Å². The highest BCUT2D eigenvalue weighted by molar-refractivity contribution is 7.90. The summed E-state index contributed by atoms with van der Waals surface area (Å²) < 4.78 is 213. The van der Waals surface area contributed by atoms with Crippen molar-refractivity contribution < 1.29 is 95.2 Å². The molecule has 2 heterocycles. The number of nitrogens with one attached hydrogen (secondary N) is 2. The first kappa shape index (κ1) is 66.5. The third kappa shape index (κ3) is 17.1. The number of anilines is 1. The first-order valence-electron chi connectivity index (χ1n) is 23.0. The molecule has 4 aromatic carbocycles. The third-order valence-electron chi connectivity index (χ3n) is 12.1. The van der Waals surface area contributed by atoms with E-state index in [9.17, 15) is 55.7 Å². The van der Waals surface area contributed by atoms with Gasteiger partial charge in [-0.1, -0.05) is 77.0 Å². The highest BCUT2D eigenvalue weighted by Gasteiger charge is 2.46. The summed E-state index contributed by atoms with van der Waals surface area (Å²) in [4.78, 5) is 17.4. The summed E-state index contributed by atoms with van der Waals surface area (Å²) in [5.74, 6) is -1.66. The average Bonchev–Trinajstić information content (AvgIpc) is 3.65. The number of fused-ring (bicyclic) bond motifs is 6. The molecule has 0 spiro atoms. The zero-order valence-corrected chi connectivity index (χ0v) is 48.3. The van der Waals surface area contributed by atoms with Crippen molar-refractivity contribution in [2.24, 2.45) is 0 Å². The van der Waals surface area contributed by atoms with Crippen molar-refractivity contribution in [2.75, 3.05) is 42.6 Å². The summed E-state index contributed by atoms with van der Waals surface area (Å²) >= 11 is 0. The van der Waals surface area contributed by atoms with Crippen LogP contribution in [0, 0.1) is 0 Å². The molecular weight excluding hydrogens is 1170 g/mol. The van der Waals surface area contributed by atoms with Crippen molar-refractivity contribution in [1.82, 2.24) is 9.44 Å². The number of rotatable bonds is 20.